The average molecular weight is 201 g/mol. The molecule has 0 aliphatic rings. The van der Waals surface area contributed by atoms with Gasteiger partial charge < -0.3 is 5.11 Å². The van der Waals surface area contributed by atoms with Gasteiger partial charge in [-0.3, -0.25) is 0 Å². The van der Waals surface area contributed by atoms with Crippen LogP contribution in [0.25, 0.3) is 10.8 Å². The molecule has 2 aromatic carbocycles. The average Bonchev–Trinajstić information content (AvgIpc) is 2.19. The normalized spacial score (nSPS) is 9.71. The van der Waals surface area contributed by atoms with Crippen molar-refractivity contribution in [2.75, 3.05) is 0 Å². The van der Waals surface area contributed by atoms with E-state index in [2.05, 4.69) is 22.4 Å². The van der Waals surface area contributed by atoms with Gasteiger partial charge in [0.25, 0.3) is 0 Å². The molecule has 0 atom stereocenters. The van der Waals surface area contributed by atoms with Gasteiger partial charge in [0.15, 0.2) is 0 Å². The predicted octanol–water partition coefficient (Wildman–Crippen LogP) is 3.28. The van der Waals surface area contributed by atoms with E-state index in [0.29, 0.717) is 0 Å². The SMILES string of the molecule is Oc1ccc2cc(N=C=S)ccc2c1. The van der Waals surface area contributed by atoms with Gasteiger partial charge >= 0.3 is 0 Å². The molecular weight excluding hydrogens is 194 g/mol. The summed E-state index contributed by atoms with van der Waals surface area (Å²) in [4.78, 5) is 3.88. The molecule has 14 heavy (non-hydrogen) atoms. The minimum atomic E-state index is 0.267. The number of rotatable bonds is 1. The second-order valence-electron chi connectivity index (χ2n) is 2.92. The Bertz CT molecular complexity index is 530. The standard InChI is InChI=1S/C11H7NOS/c13-11-4-2-8-5-10(12-7-14)3-1-9(8)6-11/h1-6,13H. The van der Waals surface area contributed by atoms with Crippen LogP contribution < -0.4 is 0 Å². The second-order valence-corrected chi connectivity index (χ2v) is 3.10. The van der Waals surface area contributed by atoms with Crippen LogP contribution in [-0.4, -0.2) is 10.3 Å². The van der Waals surface area contributed by atoms with Crippen molar-refractivity contribution in [1.29, 1.82) is 0 Å². The first-order chi connectivity index (χ1) is 6.79. The van der Waals surface area contributed by atoms with Crippen molar-refractivity contribution < 1.29 is 5.11 Å². The Balaban J connectivity index is 2.67. The van der Waals surface area contributed by atoms with Crippen molar-refractivity contribution in [3.8, 4) is 5.75 Å². The maximum absolute atomic E-state index is 9.25. The summed E-state index contributed by atoms with van der Waals surface area (Å²) in [6.07, 6.45) is 0. The third-order valence-corrected chi connectivity index (χ3v) is 2.07. The molecule has 2 aromatic rings. The lowest BCUT2D eigenvalue weighted by Gasteiger charge is -1.99. The number of aromatic hydroxyl groups is 1. The van der Waals surface area contributed by atoms with Gasteiger partial charge in [-0.05, 0) is 47.3 Å². The highest BCUT2D eigenvalue weighted by molar-refractivity contribution is 7.78. The summed E-state index contributed by atoms with van der Waals surface area (Å²) >= 11 is 4.52. The van der Waals surface area contributed by atoms with Gasteiger partial charge in [-0.1, -0.05) is 12.1 Å². The van der Waals surface area contributed by atoms with Crippen molar-refractivity contribution in [2.24, 2.45) is 4.99 Å². The first-order valence-electron chi connectivity index (χ1n) is 4.10. The molecule has 0 fully saturated rings. The fraction of sp³-hybridized carbons (Fsp3) is 0. The number of benzene rings is 2. The third-order valence-electron chi connectivity index (χ3n) is 1.98. The quantitative estimate of drug-likeness (QED) is 0.567. The van der Waals surface area contributed by atoms with Crippen molar-refractivity contribution in [2.45, 2.75) is 0 Å². The van der Waals surface area contributed by atoms with Crippen LogP contribution in [0.5, 0.6) is 5.75 Å². The van der Waals surface area contributed by atoms with Crippen LogP contribution in [0.15, 0.2) is 41.4 Å². The van der Waals surface area contributed by atoms with Crippen LogP contribution in [0, 0.1) is 0 Å². The lowest BCUT2D eigenvalue weighted by atomic mass is 10.1. The Kier molecular flexibility index (Phi) is 2.27. The lowest BCUT2D eigenvalue weighted by Crippen LogP contribution is -1.72. The lowest BCUT2D eigenvalue weighted by molar-refractivity contribution is 0.476. The number of nitrogens with zero attached hydrogens (tertiary/aromatic N) is 1. The van der Waals surface area contributed by atoms with Gasteiger partial charge in [0.1, 0.15) is 5.75 Å². The summed E-state index contributed by atoms with van der Waals surface area (Å²) in [5.41, 5.74) is 0.776. The first kappa shape index (κ1) is 8.88. The number of hydrogen-bond acceptors (Lipinski definition) is 3. The molecule has 0 aromatic heterocycles. The zero-order chi connectivity index (χ0) is 9.97. The van der Waals surface area contributed by atoms with Gasteiger partial charge in [0.05, 0.1) is 10.8 Å². The van der Waals surface area contributed by atoms with Crippen molar-refractivity contribution in [1.82, 2.24) is 0 Å². The molecule has 0 amide bonds. The summed E-state index contributed by atoms with van der Waals surface area (Å²) in [6.45, 7) is 0. The Morgan fingerprint density at radius 2 is 1.79 bits per heavy atom. The maximum atomic E-state index is 9.25. The fourth-order valence-corrected chi connectivity index (χ4v) is 1.45. The number of hydrogen-bond donors (Lipinski definition) is 1. The van der Waals surface area contributed by atoms with Crippen LogP contribution in [0.1, 0.15) is 0 Å². The van der Waals surface area contributed by atoms with Crippen LogP contribution in [0.4, 0.5) is 5.69 Å². The minimum Gasteiger partial charge on any atom is -0.508 e. The van der Waals surface area contributed by atoms with Crippen molar-refractivity contribution in [3.63, 3.8) is 0 Å². The molecule has 0 radical (unpaired) electrons. The number of aliphatic imine (C=N–C) groups is 1. The predicted molar refractivity (Wildman–Crippen MR) is 60.3 cm³/mol. The molecule has 2 nitrogen and oxygen atoms in total. The molecule has 0 bridgehead atoms. The molecule has 0 unspecified atom stereocenters. The first-order valence-corrected chi connectivity index (χ1v) is 4.51. The number of isothiocyanates is 1. The molecule has 3 heteroatoms. The molecule has 2 rings (SSSR count). The Morgan fingerprint density at radius 1 is 1.07 bits per heavy atom. The largest absolute Gasteiger partial charge is 0.508 e. The number of phenols is 1. The van der Waals surface area contributed by atoms with E-state index in [0.717, 1.165) is 16.5 Å². The van der Waals surface area contributed by atoms with Gasteiger partial charge in [-0.2, -0.15) is 4.99 Å². The minimum absolute atomic E-state index is 0.267. The molecule has 1 N–H and O–H groups in total. The van der Waals surface area contributed by atoms with Gasteiger partial charge in [0.2, 0.25) is 0 Å². The summed E-state index contributed by atoms with van der Waals surface area (Å²) in [5, 5.41) is 13.6. The Morgan fingerprint density at radius 3 is 2.57 bits per heavy atom. The van der Waals surface area contributed by atoms with E-state index in [1.54, 1.807) is 12.1 Å². The van der Waals surface area contributed by atoms with Crippen molar-refractivity contribution >= 4 is 33.8 Å². The van der Waals surface area contributed by atoms with Gasteiger partial charge in [0, 0.05) is 0 Å². The molecule has 0 aliphatic carbocycles. The van der Waals surface area contributed by atoms with E-state index in [9.17, 15) is 5.11 Å². The van der Waals surface area contributed by atoms with E-state index in [4.69, 9.17) is 0 Å². The highest BCUT2D eigenvalue weighted by atomic mass is 32.1. The van der Waals surface area contributed by atoms with Gasteiger partial charge in [-0.25, -0.2) is 0 Å². The maximum Gasteiger partial charge on any atom is 0.116 e. The highest BCUT2D eigenvalue weighted by Gasteiger charge is 1.96. The Hall–Kier alpha value is -1.70. The van der Waals surface area contributed by atoms with Crippen LogP contribution in [0.2, 0.25) is 0 Å². The van der Waals surface area contributed by atoms with Crippen LogP contribution in [-0.2, 0) is 0 Å². The molecule has 0 aliphatic heterocycles. The highest BCUT2D eigenvalue weighted by Crippen LogP contribution is 2.24. The second kappa shape index (κ2) is 3.58. The zero-order valence-corrected chi connectivity index (χ0v) is 8.08. The van der Waals surface area contributed by atoms with E-state index < -0.39 is 0 Å². The number of thiocarbonyl (C=S) groups is 1. The van der Waals surface area contributed by atoms with E-state index in [1.807, 2.05) is 24.3 Å². The molecule has 0 heterocycles. The summed E-state index contributed by atoms with van der Waals surface area (Å²) in [6, 6.07) is 10.8. The summed E-state index contributed by atoms with van der Waals surface area (Å²) < 4.78 is 0. The van der Waals surface area contributed by atoms with Crippen LogP contribution in [0.3, 0.4) is 0 Å². The van der Waals surface area contributed by atoms with Crippen LogP contribution >= 0.6 is 12.2 Å². The smallest absolute Gasteiger partial charge is 0.116 e. The molecule has 0 saturated carbocycles. The monoisotopic (exact) mass is 201 g/mol. The van der Waals surface area contributed by atoms with E-state index >= 15 is 0 Å². The number of phenolic OH excluding ortho intramolecular Hbond substituents is 1. The Labute approximate surface area is 86.5 Å². The molecular formula is C11H7NOS. The topological polar surface area (TPSA) is 32.6 Å². The molecule has 68 valence electrons. The van der Waals surface area contributed by atoms with Gasteiger partial charge in [-0.15, -0.1) is 0 Å². The van der Waals surface area contributed by atoms with Crippen molar-refractivity contribution in [3.05, 3.63) is 36.4 Å². The summed E-state index contributed by atoms with van der Waals surface area (Å²) in [5.74, 6) is 0.267. The molecule has 0 spiro atoms. The summed E-state index contributed by atoms with van der Waals surface area (Å²) in [7, 11) is 0. The fourth-order valence-electron chi connectivity index (χ4n) is 1.34. The molecule has 0 saturated heterocycles. The van der Waals surface area contributed by atoms with E-state index in [1.165, 1.54) is 0 Å². The third kappa shape index (κ3) is 1.64. The van der Waals surface area contributed by atoms with E-state index in [-0.39, 0.29) is 5.75 Å². The number of fused-ring (bicyclic) bond motifs is 1. The zero-order valence-electron chi connectivity index (χ0n) is 7.27.